The van der Waals surface area contributed by atoms with Crippen molar-refractivity contribution in [3.8, 4) is 0 Å². The van der Waals surface area contributed by atoms with Crippen molar-refractivity contribution in [3.63, 3.8) is 0 Å². The lowest BCUT2D eigenvalue weighted by Gasteiger charge is -2.53. The van der Waals surface area contributed by atoms with Gasteiger partial charge in [0.05, 0.1) is 4.87 Å². The number of hydrogen-bond donors (Lipinski definition) is 1. The first-order valence-corrected chi connectivity index (χ1v) is 4.33. The zero-order valence-electron chi connectivity index (χ0n) is 6.62. The lowest BCUT2D eigenvalue weighted by atomic mass is 9.85. The molecule has 1 saturated heterocycles. The molecule has 1 unspecified atom stereocenters. The van der Waals surface area contributed by atoms with Crippen LogP contribution < -0.4 is 5.32 Å². The third-order valence-electron chi connectivity index (χ3n) is 2.49. The molecule has 1 N–H and O–H groups in total. The monoisotopic (exact) mass is 145 g/mol. The van der Waals surface area contributed by atoms with Gasteiger partial charge >= 0.3 is 0 Å². The van der Waals surface area contributed by atoms with Crippen molar-refractivity contribution in [2.45, 2.75) is 25.6 Å². The summed E-state index contributed by atoms with van der Waals surface area (Å²) in [6.45, 7) is 6.88. The molecule has 0 spiro atoms. The van der Waals surface area contributed by atoms with Gasteiger partial charge in [0.15, 0.2) is 0 Å². The van der Waals surface area contributed by atoms with Gasteiger partial charge in [-0.3, -0.25) is 0 Å². The van der Waals surface area contributed by atoms with Crippen molar-refractivity contribution in [3.05, 3.63) is 0 Å². The van der Waals surface area contributed by atoms with E-state index in [-0.39, 0.29) is 0 Å². The van der Waals surface area contributed by atoms with Crippen LogP contribution in [-0.2, 0) is 0 Å². The lowest BCUT2D eigenvalue weighted by molar-refractivity contribution is 0.240. The molecular formula is C7H15NS. The minimum atomic E-state index is 0.326. The Balaban J connectivity index is 2.62. The molecule has 0 radical (unpaired) electrons. The zero-order valence-corrected chi connectivity index (χ0v) is 7.43. The zero-order chi connectivity index (χ0) is 7.12. The van der Waals surface area contributed by atoms with Gasteiger partial charge in [-0.1, -0.05) is 13.8 Å². The van der Waals surface area contributed by atoms with Gasteiger partial charge < -0.3 is 5.32 Å². The molecule has 1 rings (SSSR count). The number of thioether (sulfide) groups is 1. The highest BCUT2D eigenvalue weighted by molar-refractivity contribution is 8.02. The van der Waals surface area contributed by atoms with E-state index in [1.165, 1.54) is 5.75 Å². The van der Waals surface area contributed by atoms with Crippen LogP contribution in [0.1, 0.15) is 20.8 Å². The third-order valence-corrected chi connectivity index (χ3v) is 4.69. The van der Waals surface area contributed by atoms with E-state index in [1.807, 2.05) is 18.8 Å². The summed E-state index contributed by atoms with van der Waals surface area (Å²) in [6.07, 6.45) is 0. The van der Waals surface area contributed by atoms with Crippen LogP contribution in [0.4, 0.5) is 0 Å². The highest BCUT2D eigenvalue weighted by Gasteiger charge is 2.49. The van der Waals surface area contributed by atoms with E-state index in [4.69, 9.17) is 0 Å². The van der Waals surface area contributed by atoms with Crippen LogP contribution in [0.2, 0.25) is 0 Å². The summed E-state index contributed by atoms with van der Waals surface area (Å²) in [6, 6.07) is 0. The lowest BCUT2D eigenvalue weighted by Crippen LogP contribution is -2.58. The predicted octanol–water partition coefficient (Wildman–Crippen LogP) is 1.69. The second-order valence-corrected chi connectivity index (χ2v) is 4.85. The maximum Gasteiger partial charge on any atom is 0.0673 e. The summed E-state index contributed by atoms with van der Waals surface area (Å²) in [7, 11) is 2.04. The molecule has 0 bridgehead atoms. The van der Waals surface area contributed by atoms with E-state index in [9.17, 15) is 0 Å². The van der Waals surface area contributed by atoms with E-state index in [2.05, 4.69) is 26.1 Å². The van der Waals surface area contributed by atoms with E-state index in [1.54, 1.807) is 0 Å². The molecular weight excluding hydrogens is 130 g/mol. The van der Waals surface area contributed by atoms with Crippen molar-refractivity contribution >= 4 is 11.8 Å². The molecule has 1 nitrogen and oxygen atoms in total. The number of rotatable bonds is 1. The van der Waals surface area contributed by atoms with Gasteiger partial charge in [-0.25, -0.2) is 0 Å². The second kappa shape index (κ2) is 1.89. The van der Waals surface area contributed by atoms with Crippen LogP contribution in [0.3, 0.4) is 0 Å². The minimum Gasteiger partial charge on any atom is -0.306 e. The van der Waals surface area contributed by atoms with Crippen LogP contribution in [0.5, 0.6) is 0 Å². The molecule has 0 aromatic rings. The van der Waals surface area contributed by atoms with Gasteiger partial charge in [-0.05, 0) is 14.0 Å². The first-order valence-electron chi connectivity index (χ1n) is 3.35. The van der Waals surface area contributed by atoms with E-state index in [0.29, 0.717) is 10.3 Å². The molecule has 0 amide bonds. The van der Waals surface area contributed by atoms with Crippen LogP contribution in [0, 0.1) is 5.41 Å². The molecule has 1 aliphatic heterocycles. The number of nitrogens with one attached hydrogen (secondary N) is 1. The average Bonchev–Trinajstić information content (AvgIpc) is 1.84. The predicted molar refractivity (Wildman–Crippen MR) is 43.7 cm³/mol. The molecule has 0 aromatic carbocycles. The van der Waals surface area contributed by atoms with Crippen molar-refractivity contribution in [2.75, 3.05) is 12.8 Å². The Kier molecular flexibility index (Phi) is 1.56. The van der Waals surface area contributed by atoms with Gasteiger partial charge in [0.1, 0.15) is 0 Å². The summed E-state index contributed by atoms with van der Waals surface area (Å²) in [5.74, 6) is 1.28. The Morgan fingerprint density at radius 1 is 1.33 bits per heavy atom. The molecule has 1 heterocycles. The Bertz CT molecular complexity index is 118. The summed E-state index contributed by atoms with van der Waals surface area (Å²) in [4.78, 5) is 0.326. The molecule has 0 saturated carbocycles. The fourth-order valence-corrected chi connectivity index (χ4v) is 2.29. The van der Waals surface area contributed by atoms with Crippen LogP contribution in [0.25, 0.3) is 0 Å². The van der Waals surface area contributed by atoms with Gasteiger partial charge in [-0.2, -0.15) is 0 Å². The molecule has 1 atom stereocenters. The standard InChI is InChI=1S/C7H15NS/c1-6(2)5-9-7(6,3)8-4/h8H,5H2,1-4H3. The first-order chi connectivity index (χ1) is 4.02. The van der Waals surface area contributed by atoms with E-state index < -0.39 is 0 Å². The minimum absolute atomic E-state index is 0.326. The summed E-state index contributed by atoms with van der Waals surface area (Å²) >= 11 is 2.00. The van der Waals surface area contributed by atoms with Gasteiger partial charge in [0, 0.05) is 11.2 Å². The summed E-state index contributed by atoms with van der Waals surface area (Å²) in [5.41, 5.74) is 0.479. The van der Waals surface area contributed by atoms with Crippen LogP contribution >= 0.6 is 11.8 Å². The van der Waals surface area contributed by atoms with Crippen LogP contribution in [-0.4, -0.2) is 17.7 Å². The van der Waals surface area contributed by atoms with Crippen molar-refractivity contribution in [2.24, 2.45) is 5.41 Å². The van der Waals surface area contributed by atoms with Crippen molar-refractivity contribution in [1.82, 2.24) is 5.32 Å². The summed E-state index contributed by atoms with van der Waals surface area (Å²) < 4.78 is 0. The smallest absolute Gasteiger partial charge is 0.0673 e. The van der Waals surface area contributed by atoms with Crippen LogP contribution in [0.15, 0.2) is 0 Å². The summed E-state index contributed by atoms with van der Waals surface area (Å²) in [5, 5.41) is 3.33. The van der Waals surface area contributed by atoms with Crippen molar-refractivity contribution < 1.29 is 0 Å². The Hall–Kier alpha value is 0.310. The molecule has 9 heavy (non-hydrogen) atoms. The highest BCUT2D eigenvalue weighted by atomic mass is 32.2. The SMILES string of the molecule is CNC1(C)SCC1(C)C. The fourth-order valence-electron chi connectivity index (χ4n) is 0.988. The van der Waals surface area contributed by atoms with Crippen molar-refractivity contribution in [1.29, 1.82) is 0 Å². The Morgan fingerprint density at radius 3 is 1.89 bits per heavy atom. The molecule has 2 heteroatoms. The molecule has 0 aliphatic carbocycles. The molecule has 1 aliphatic rings. The quantitative estimate of drug-likeness (QED) is 0.602. The normalized spacial score (nSPS) is 40.0. The maximum absolute atomic E-state index is 3.33. The van der Waals surface area contributed by atoms with Gasteiger partial charge in [0.2, 0.25) is 0 Å². The van der Waals surface area contributed by atoms with E-state index >= 15 is 0 Å². The fraction of sp³-hybridized carbons (Fsp3) is 1.00. The second-order valence-electron chi connectivity index (χ2n) is 3.46. The Morgan fingerprint density at radius 2 is 1.89 bits per heavy atom. The van der Waals surface area contributed by atoms with Gasteiger partial charge in [-0.15, -0.1) is 11.8 Å². The highest BCUT2D eigenvalue weighted by Crippen LogP contribution is 2.52. The van der Waals surface area contributed by atoms with E-state index in [0.717, 1.165) is 0 Å². The van der Waals surface area contributed by atoms with Gasteiger partial charge in [0.25, 0.3) is 0 Å². The average molecular weight is 145 g/mol. The maximum atomic E-state index is 3.33. The number of hydrogen-bond acceptors (Lipinski definition) is 2. The molecule has 1 fully saturated rings. The Labute approximate surface area is 61.6 Å². The largest absolute Gasteiger partial charge is 0.306 e. The third kappa shape index (κ3) is 0.887. The molecule has 0 aromatic heterocycles. The first kappa shape index (κ1) is 7.42. The molecule has 54 valence electrons. The topological polar surface area (TPSA) is 12.0 Å².